The van der Waals surface area contributed by atoms with E-state index in [-0.39, 0.29) is 13.2 Å². The molecule has 2 aromatic rings. The summed E-state index contributed by atoms with van der Waals surface area (Å²) in [5.41, 5.74) is -0.350. The van der Waals surface area contributed by atoms with Gasteiger partial charge in [0.2, 0.25) is 0 Å². The standard InChI is InChI=1S/C11H14N4O3/c1-11(6-16,7-17)14-10(18)8-5-13-15-4-2-3-12-9(8)15/h2-5,16-17H,6-7H2,1H3,(H,14,18). The number of fused-ring (bicyclic) bond motifs is 1. The predicted octanol–water partition coefficient (Wildman–Crippen LogP) is -0.798. The second kappa shape index (κ2) is 4.71. The van der Waals surface area contributed by atoms with Crippen molar-refractivity contribution in [2.24, 2.45) is 0 Å². The van der Waals surface area contributed by atoms with E-state index in [9.17, 15) is 4.79 Å². The van der Waals surface area contributed by atoms with Crippen LogP contribution in [0.1, 0.15) is 17.3 Å². The first-order valence-corrected chi connectivity index (χ1v) is 5.42. The van der Waals surface area contributed by atoms with Crippen LogP contribution >= 0.6 is 0 Å². The summed E-state index contributed by atoms with van der Waals surface area (Å²) in [4.78, 5) is 16.1. The fourth-order valence-corrected chi connectivity index (χ4v) is 1.46. The third-order valence-corrected chi connectivity index (χ3v) is 2.64. The average Bonchev–Trinajstić information content (AvgIpc) is 2.82. The van der Waals surface area contributed by atoms with E-state index in [0.717, 1.165) is 0 Å². The van der Waals surface area contributed by atoms with Gasteiger partial charge in [-0.2, -0.15) is 5.10 Å². The molecule has 0 saturated carbocycles. The summed E-state index contributed by atoms with van der Waals surface area (Å²) >= 11 is 0. The van der Waals surface area contributed by atoms with Crippen molar-refractivity contribution in [2.75, 3.05) is 13.2 Å². The predicted molar refractivity (Wildman–Crippen MR) is 63.0 cm³/mol. The van der Waals surface area contributed by atoms with Crippen molar-refractivity contribution >= 4 is 11.6 Å². The highest BCUT2D eigenvalue weighted by molar-refractivity contribution is 6.00. The van der Waals surface area contributed by atoms with Gasteiger partial charge < -0.3 is 15.5 Å². The minimum atomic E-state index is -1.07. The Balaban J connectivity index is 2.29. The van der Waals surface area contributed by atoms with Gasteiger partial charge >= 0.3 is 0 Å². The fraction of sp³-hybridized carbons (Fsp3) is 0.364. The molecule has 96 valence electrons. The molecule has 0 aromatic carbocycles. The van der Waals surface area contributed by atoms with Gasteiger partial charge in [-0.25, -0.2) is 9.50 Å². The summed E-state index contributed by atoms with van der Waals surface area (Å²) in [5.74, 6) is -0.436. The van der Waals surface area contributed by atoms with E-state index in [4.69, 9.17) is 10.2 Å². The van der Waals surface area contributed by atoms with Crippen molar-refractivity contribution in [1.82, 2.24) is 19.9 Å². The van der Waals surface area contributed by atoms with Crippen LogP contribution in [0, 0.1) is 0 Å². The van der Waals surface area contributed by atoms with E-state index in [1.165, 1.54) is 10.7 Å². The molecule has 0 saturated heterocycles. The third-order valence-electron chi connectivity index (χ3n) is 2.64. The van der Waals surface area contributed by atoms with Crippen molar-refractivity contribution < 1.29 is 15.0 Å². The highest BCUT2D eigenvalue weighted by Gasteiger charge is 2.26. The van der Waals surface area contributed by atoms with Crippen LogP contribution in [0.5, 0.6) is 0 Å². The van der Waals surface area contributed by atoms with Gasteiger partial charge in [-0.1, -0.05) is 0 Å². The van der Waals surface area contributed by atoms with Crippen molar-refractivity contribution in [3.8, 4) is 0 Å². The van der Waals surface area contributed by atoms with Gasteiger partial charge in [-0.05, 0) is 13.0 Å². The van der Waals surface area contributed by atoms with Crippen molar-refractivity contribution in [3.63, 3.8) is 0 Å². The molecule has 0 aliphatic heterocycles. The Morgan fingerprint density at radius 2 is 2.22 bits per heavy atom. The maximum absolute atomic E-state index is 12.0. The summed E-state index contributed by atoms with van der Waals surface area (Å²) in [6, 6.07) is 1.70. The fourth-order valence-electron chi connectivity index (χ4n) is 1.46. The van der Waals surface area contributed by atoms with E-state index in [0.29, 0.717) is 11.2 Å². The Morgan fingerprint density at radius 1 is 1.50 bits per heavy atom. The van der Waals surface area contributed by atoms with Gasteiger partial charge in [-0.15, -0.1) is 0 Å². The molecule has 0 fully saturated rings. The van der Waals surface area contributed by atoms with Crippen LogP contribution in [0.3, 0.4) is 0 Å². The molecule has 2 heterocycles. The van der Waals surface area contributed by atoms with Crippen LogP contribution in [-0.4, -0.2) is 49.5 Å². The summed E-state index contributed by atoms with van der Waals surface area (Å²) < 4.78 is 1.48. The molecule has 3 N–H and O–H groups in total. The van der Waals surface area contributed by atoms with Gasteiger partial charge in [0.05, 0.1) is 24.9 Å². The lowest BCUT2D eigenvalue weighted by Crippen LogP contribution is -2.51. The molecule has 18 heavy (non-hydrogen) atoms. The van der Waals surface area contributed by atoms with Gasteiger partial charge in [0.15, 0.2) is 5.65 Å². The van der Waals surface area contributed by atoms with Gasteiger partial charge in [0, 0.05) is 12.4 Å². The Labute approximate surface area is 103 Å². The smallest absolute Gasteiger partial charge is 0.257 e. The number of carbonyl (C=O) groups is 1. The normalized spacial score (nSPS) is 11.7. The average molecular weight is 250 g/mol. The van der Waals surface area contributed by atoms with E-state index >= 15 is 0 Å². The molecule has 7 heteroatoms. The molecule has 1 amide bonds. The zero-order valence-electron chi connectivity index (χ0n) is 9.87. The Morgan fingerprint density at radius 3 is 2.89 bits per heavy atom. The first kappa shape index (κ1) is 12.5. The lowest BCUT2D eigenvalue weighted by Gasteiger charge is -2.25. The van der Waals surface area contributed by atoms with E-state index < -0.39 is 11.4 Å². The van der Waals surface area contributed by atoms with Gasteiger partial charge in [0.25, 0.3) is 5.91 Å². The van der Waals surface area contributed by atoms with Gasteiger partial charge in [0.1, 0.15) is 5.56 Å². The molecule has 0 atom stereocenters. The number of nitrogens with zero attached hydrogens (tertiary/aromatic N) is 3. The quantitative estimate of drug-likeness (QED) is 0.660. The Bertz CT molecular complexity index is 562. The number of hydrogen-bond donors (Lipinski definition) is 3. The van der Waals surface area contributed by atoms with Crippen molar-refractivity contribution in [3.05, 3.63) is 30.2 Å². The number of aromatic nitrogens is 3. The number of carbonyl (C=O) groups excluding carboxylic acids is 1. The SMILES string of the molecule is CC(CO)(CO)NC(=O)c1cnn2cccnc12. The Kier molecular flexibility index (Phi) is 3.26. The highest BCUT2D eigenvalue weighted by atomic mass is 16.3. The summed E-state index contributed by atoms with van der Waals surface area (Å²) in [6.45, 7) is 0.827. The highest BCUT2D eigenvalue weighted by Crippen LogP contribution is 2.09. The van der Waals surface area contributed by atoms with E-state index in [1.54, 1.807) is 25.4 Å². The van der Waals surface area contributed by atoms with Crippen LogP contribution in [0.25, 0.3) is 5.65 Å². The summed E-state index contributed by atoms with van der Waals surface area (Å²) in [7, 11) is 0. The lowest BCUT2D eigenvalue weighted by atomic mass is 10.1. The maximum Gasteiger partial charge on any atom is 0.257 e. The molecule has 0 radical (unpaired) electrons. The van der Waals surface area contributed by atoms with Crippen LogP contribution in [0.15, 0.2) is 24.7 Å². The molecular formula is C11H14N4O3. The first-order valence-electron chi connectivity index (χ1n) is 5.42. The molecule has 2 rings (SSSR count). The van der Waals surface area contributed by atoms with Crippen LogP contribution in [0.4, 0.5) is 0 Å². The third kappa shape index (κ3) is 2.18. The molecule has 0 aliphatic carbocycles. The van der Waals surface area contributed by atoms with Gasteiger partial charge in [-0.3, -0.25) is 4.79 Å². The number of rotatable bonds is 4. The zero-order valence-corrected chi connectivity index (χ0v) is 9.87. The first-order chi connectivity index (χ1) is 8.59. The van der Waals surface area contributed by atoms with Crippen LogP contribution < -0.4 is 5.32 Å². The van der Waals surface area contributed by atoms with E-state index in [2.05, 4.69) is 15.4 Å². The zero-order chi connectivity index (χ0) is 13.2. The Hall–Kier alpha value is -1.99. The number of nitrogens with one attached hydrogen (secondary N) is 1. The molecular weight excluding hydrogens is 236 g/mol. The largest absolute Gasteiger partial charge is 0.394 e. The molecule has 0 bridgehead atoms. The number of aliphatic hydroxyl groups is 2. The number of amides is 1. The summed E-state index contributed by atoms with van der Waals surface area (Å²) in [5, 5.41) is 24.8. The molecule has 0 unspecified atom stereocenters. The maximum atomic E-state index is 12.0. The monoisotopic (exact) mass is 250 g/mol. The molecule has 7 nitrogen and oxygen atoms in total. The number of hydrogen-bond acceptors (Lipinski definition) is 5. The van der Waals surface area contributed by atoms with Crippen LogP contribution in [0.2, 0.25) is 0 Å². The minimum Gasteiger partial charge on any atom is -0.394 e. The molecule has 0 spiro atoms. The van der Waals surface area contributed by atoms with Crippen molar-refractivity contribution in [1.29, 1.82) is 0 Å². The van der Waals surface area contributed by atoms with E-state index in [1.807, 2.05) is 0 Å². The molecule has 0 aliphatic rings. The minimum absolute atomic E-state index is 0.295. The second-order valence-electron chi connectivity index (χ2n) is 4.28. The molecule has 2 aromatic heterocycles. The second-order valence-corrected chi connectivity index (χ2v) is 4.28. The number of aliphatic hydroxyl groups excluding tert-OH is 2. The summed E-state index contributed by atoms with van der Waals surface area (Å²) in [6.07, 6.45) is 4.63. The van der Waals surface area contributed by atoms with Crippen LogP contribution in [-0.2, 0) is 0 Å². The topological polar surface area (TPSA) is 99.8 Å². The van der Waals surface area contributed by atoms with Crippen molar-refractivity contribution in [2.45, 2.75) is 12.5 Å². The lowest BCUT2D eigenvalue weighted by molar-refractivity contribution is 0.0725.